The van der Waals surface area contributed by atoms with E-state index in [-0.39, 0.29) is 11.8 Å². The molecule has 1 aliphatic heterocycles. The van der Waals surface area contributed by atoms with Gasteiger partial charge < -0.3 is 15.0 Å². The van der Waals surface area contributed by atoms with Crippen LogP contribution in [0.3, 0.4) is 0 Å². The molecule has 0 radical (unpaired) electrons. The van der Waals surface area contributed by atoms with Crippen LogP contribution in [-0.2, 0) is 4.79 Å². The quantitative estimate of drug-likeness (QED) is 0.456. The van der Waals surface area contributed by atoms with Gasteiger partial charge in [0.15, 0.2) is 10.9 Å². The number of ether oxygens (including phenoxy) is 1. The lowest BCUT2D eigenvalue weighted by atomic mass is 9.97. The Bertz CT molecular complexity index is 1290. The molecule has 4 aromatic rings. The first-order valence-electron chi connectivity index (χ1n) is 11.0. The molecule has 33 heavy (non-hydrogen) atoms. The second kappa shape index (κ2) is 9.15. The summed E-state index contributed by atoms with van der Waals surface area (Å²) in [5.74, 6) is 1.43. The van der Waals surface area contributed by atoms with Crippen LogP contribution < -0.4 is 15.0 Å². The van der Waals surface area contributed by atoms with Crippen molar-refractivity contribution < 1.29 is 9.53 Å². The molecule has 1 atom stereocenters. The van der Waals surface area contributed by atoms with E-state index >= 15 is 0 Å². The lowest BCUT2D eigenvalue weighted by Gasteiger charge is -2.32. The zero-order chi connectivity index (χ0) is 22.8. The van der Waals surface area contributed by atoms with Crippen molar-refractivity contribution >= 4 is 38.4 Å². The van der Waals surface area contributed by atoms with Gasteiger partial charge in [0.1, 0.15) is 5.75 Å². The molecule has 1 aliphatic rings. The molecule has 2 aromatic carbocycles. The Morgan fingerprint density at radius 3 is 2.85 bits per heavy atom. The topological polar surface area (TPSA) is 80.2 Å². The Hall–Kier alpha value is -3.52. The number of aromatic nitrogens is 3. The first kappa shape index (κ1) is 21.3. The van der Waals surface area contributed by atoms with Gasteiger partial charge >= 0.3 is 0 Å². The molecule has 1 fully saturated rings. The van der Waals surface area contributed by atoms with Crippen molar-refractivity contribution in [3.63, 3.8) is 0 Å². The fourth-order valence-electron chi connectivity index (χ4n) is 4.19. The Kier molecular flexibility index (Phi) is 5.92. The molecule has 0 bridgehead atoms. The molecule has 7 nitrogen and oxygen atoms in total. The third kappa shape index (κ3) is 4.52. The van der Waals surface area contributed by atoms with Crippen LogP contribution in [0, 0.1) is 12.8 Å². The molecule has 1 amide bonds. The number of rotatable bonds is 5. The first-order valence-corrected chi connectivity index (χ1v) is 11.8. The lowest BCUT2D eigenvalue weighted by molar-refractivity contribution is -0.120. The van der Waals surface area contributed by atoms with Crippen molar-refractivity contribution in [3.8, 4) is 17.0 Å². The van der Waals surface area contributed by atoms with Gasteiger partial charge in [-0.3, -0.25) is 4.79 Å². The summed E-state index contributed by atoms with van der Waals surface area (Å²) >= 11 is 1.51. The van der Waals surface area contributed by atoms with E-state index in [4.69, 9.17) is 4.74 Å². The van der Waals surface area contributed by atoms with Crippen LogP contribution in [0.15, 0.2) is 54.6 Å². The van der Waals surface area contributed by atoms with Gasteiger partial charge in [-0.2, -0.15) is 0 Å². The summed E-state index contributed by atoms with van der Waals surface area (Å²) in [5.41, 5.74) is 3.76. The van der Waals surface area contributed by atoms with Crippen LogP contribution >= 0.6 is 11.3 Å². The summed E-state index contributed by atoms with van der Waals surface area (Å²) in [6.45, 7) is 3.52. The van der Waals surface area contributed by atoms with E-state index in [1.807, 2.05) is 48.5 Å². The summed E-state index contributed by atoms with van der Waals surface area (Å²) < 4.78 is 6.52. The number of nitrogens with one attached hydrogen (secondary N) is 1. The fourth-order valence-corrected chi connectivity index (χ4v) is 5.15. The number of benzene rings is 2. The highest BCUT2D eigenvalue weighted by atomic mass is 32.1. The monoisotopic (exact) mass is 459 g/mol. The van der Waals surface area contributed by atoms with E-state index in [1.165, 1.54) is 16.9 Å². The maximum absolute atomic E-state index is 13.0. The lowest BCUT2D eigenvalue weighted by Crippen LogP contribution is -2.41. The number of para-hydroxylation sites is 1. The van der Waals surface area contributed by atoms with Crippen LogP contribution in [0.4, 0.5) is 10.9 Å². The van der Waals surface area contributed by atoms with Gasteiger partial charge in [-0.15, -0.1) is 10.2 Å². The molecule has 3 heterocycles. The number of hydrogen-bond acceptors (Lipinski definition) is 7. The summed E-state index contributed by atoms with van der Waals surface area (Å²) in [5, 5.41) is 12.5. The van der Waals surface area contributed by atoms with Gasteiger partial charge in [0, 0.05) is 18.7 Å². The molecule has 1 unspecified atom stereocenters. The molecule has 8 heteroatoms. The van der Waals surface area contributed by atoms with Gasteiger partial charge in [0.25, 0.3) is 0 Å². The number of aryl methyl sites for hydroxylation is 1. The number of methoxy groups -OCH3 is 1. The number of nitrogens with zero attached hydrogens (tertiary/aromatic N) is 4. The minimum absolute atomic E-state index is 0.00841. The number of carbonyl (C=O) groups excluding carboxylic acids is 1. The average molecular weight is 460 g/mol. The third-order valence-electron chi connectivity index (χ3n) is 5.92. The van der Waals surface area contributed by atoms with E-state index in [2.05, 4.69) is 38.4 Å². The SMILES string of the molecule is COc1ccccc1-c1ccc(N2CCCC(C(=O)Nc3nc4ccc(C)cc4s3)C2)nn1. The maximum Gasteiger partial charge on any atom is 0.231 e. The zero-order valence-electron chi connectivity index (χ0n) is 18.6. The first-order chi connectivity index (χ1) is 16.1. The van der Waals surface area contributed by atoms with E-state index in [0.29, 0.717) is 11.7 Å². The third-order valence-corrected chi connectivity index (χ3v) is 6.86. The predicted molar refractivity (Wildman–Crippen MR) is 132 cm³/mol. The molecular weight excluding hydrogens is 434 g/mol. The smallest absolute Gasteiger partial charge is 0.231 e. The summed E-state index contributed by atoms with van der Waals surface area (Å²) in [4.78, 5) is 19.7. The van der Waals surface area contributed by atoms with Crippen LogP contribution in [-0.4, -0.2) is 41.3 Å². The van der Waals surface area contributed by atoms with Gasteiger partial charge in [-0.05, 0) is 61.7 Å². The van der Waals surface area contributed by atoms with Crippen molar-refractivity contribution in [2.75, 3.05) is 30.4 Å². The number of fused-ring (bicyclic) bond motifs is 1. The Morgan fingerprint density at radius 2 is 2.03 bits per heavy atom. The maximum atomic E-state index is 13.0. The van der Waals surface area contributed by atoms with Crippen LogP contribution in [0.25, 0.3) is 21.5 Å². The highest BCUT2D eigenvalue weighted by Crippen LogP contribution is 2.30. The van der Waals surface area contributed by atoms with Gasteiger partial charge in [0.05, 0.1) is 28.9 Å². The Labute approximate surface area is 196 Å². The molecule has 168 valence electrons. The average Bonchev–Trinajstić information content (AvgIpc) is 3.25. The minimum Gasteiger partial charge on any atom is -0.496 e. The number of piperidine rings is 1. The highest BCUT2D eigenvalue weighted by molar-refractivity contribution is 7.22. The van der Waals surface area contributed by atoms with E-state index in [0.717, 1.165) is 52.4 Å². The van der Waals surface area contributed by atoms with Crippen molar-refractivity contribution in [1.29, 1.82) is 0 Å². The Morgan fingerprint density at radius 1 is 1.15 bits per heavy atom. The number of carbonyl (C=O) groups is 1. The summed E-state index contributed by atoms with van der Waals surface area (Å²) in [6, 6.07) is 17.8. The van der Waals surface area contributed by atoms with Crippen molar-refractivity contribution in [2.45, 2.75) is 19.8 Å². The van der Waals surface area contributed by atoms with Gasteiger partial charge in [0.2, 0.25) is 5.91 Å². The second-order valence-electron chi connectivity index (χ2n) is 8.24. The van der Waals surface area contributed by atoms with Crippen molar-refractivity contribution in [1.82, 2.24) is 15.2 Å². The molecule has 0 saturated carbocycles. The van der Waals surface area contributed by atoms with E-state index in [9.17, 15) is 4.79 Å². The summed E-state index contributed by atoms with van der Waals surface area (Å²) in [7, 11) is 1.65. The molecule has 1 N–H and O–H groups in total. The van der Waals surface area contributed by atoms with Crippen LogP contribution in [0.5, 0.6) is 5.75 Å². The van der Waals surface area contributed by atoms with Crippen molar-refractivity contribution in [2.24, 2.45) is 5.92 Å². The second-order valence-corrected chi connectivity index (χ2v) is 9.27. The van der Waals surface area contributed by atoms with Crippen LogP contribution in [0.1, 0.15) is 18.4 Å². The molecule has 0 spiro atoms. The van der Waals surface area contributed by atoms with Gasteiger partial charge in [-0.1, -0.05) is 29.5 Å². The molecule has 2 aromatic heterocycles. The molecule has 5 rings (SSSR count). The zero-order valence-corrected chi connectivity index (χ0v) is 19.4. The predicted octanol–water partition coefficient (Wildman–Crippen LogP) is 4.93. The number of thiazole rings is 1. The largest absolute Gasteiger partial charge is 0.496 e. The minimum atomic E-state index is -0.122. The summed E-state index contributed by atoms with van der Waals surface area (Å²) in [6.07, 6.45) is 1.77. The fraction of sp³-hybridized carbons (Fsp3) is 0.280. The number of amides is 1. The highest BCUT2D eigenvalue weighted by Gasteiger charge is 2.27. The normalized spacial score (nSPS) is 16.1. The van der Waals surface area contributed by atoms with E-state index in [1.54, 1.807) is 7.11 Å². The number of hydrogen-bond donors (Lipinski definition) is 1. The number of anilines is 2. The standard InChI is InChI=1S/C25H25N5O2S/c1-16-9-10-20-22(14-16)33-25(26-20)27-24(31)17-6-5-13-30(15-17)23-12-11-19(28-29-23)18-7-3-4-8-21(18)32-2/h3-4,7-12,14,17H,5-6,13,15H2,1-2H3,(H,26,27,31). The molecular formula is C25H25N5O2S. The molecule has 1 saturated heterocycles. The molecule has 0 aliphatic carbocycles. The van der Waals surface area contributed by atoms with Crippen molar-refractivity contribution in [3.05, 3.63) is 60.2 Å². The van der Waals surface area contributed by atoms with Crippen LogP contribution in [0.2, 0.25) is 0 Å². The van der Waals surface area contributed by atoms with Gasteiger partial charge in [-0.25, -0.2) is 4.98 Å². The Balaban J connectivity index is 1.27. The van der Waals surface area contributed by atoms with E-state index < -0.39 is 0 Å².